The van der Waals surface area contributed by atoms with E-state index in [9.17, 15) is 0 Å². The molecule has 0 fully saturated rings. The van der Waals surface area contributed by atoms with Gasteiger partial charge in [-0.15, -0.1) is 37.2 Å². The maximum Gasteiger partial charge on any atom is 0.0443 e. The molecule has 100 valence electrons. The summed E-state index contributed by atoms with van der Waals surface area (Å²) in [6.07, 6.45) is 5.00. The monoisotopic (exact) mass is 299 g/mol. The van der Waals surface area contributed by atoms with Crippen LogP contribution in [-0.4, -0.2) is 24.8 Å². The maximum atomic E-state index is 8.54. The van der Waals surface area contributed by atoms with Gasteiger partial charge < -0.3 is 10.4 Å². The summed E-state index contributed by atoms with van der Waals surface area (Å²) in [5.41, 5.74) is 1.22. The zero-order valence-corrected chi connectivity index (χ0v) is 12.0. The molecule has 5 heteroatoms. The van der Waals surface area contributed by atoms with E-state index in [1.807, 2.05) is 18.2 Å². The Kier molecular flexibility index (Phi) is 20.4. The second-order valence-corrected chi connectivity index (χ2v) is 3.09. The van der Waals surface area contributed by atoms with Gasteiger partial charge in [0, 0.05) is 13.2 Å². The highest BCUT2D eigenvalue weighted by Crippen LogP contribution is 1.99. The molecule has 2 nitrogen and oxygen atoms in total. The average Bonchev–Trinajstić information content (AvgIpc) is 2.25. The Balaban J connectivity index is -0.000000653. The largest absolute Gasteiger partial charge is 0.396 e. The minimum Gasteiger partial charge on any atom is -0.396 e. The fourth-order valence-electron chi connectivity index (χ4n) is 1.15. The zero-order valence-electron chi connectivity index (χ0n) is 9.54. The first-order valence-corrected chi connectivity index (χ1v) is 4.96. The fourth-order valence-corrected chi connectivity index (χ4v) is 1.15. The quantitative estimate of drug-likeness (QED) is 0.792. The Hall–Kier alpha value is -0.250. The summed E-state index contributed by atoms with van der Waals surface area (Å²) in [5, 5.41) is 11.8. The molecule has 1 aromatic rings. The van der Waals surface area contributed by atoms with Gasteiger partial charge in [0.05, 0.1) is 0 Å². The van der Waals surface area contributed by atoms with Crippen molar-refractivity contribution in [2.24, 2.45) is 0 Å². The Morgan fingerprint density at radius 1 is 1.06 bits per heavy atom. The van der Waals surface area contributed by atoms with E-state index in [2.05, 4.69) is 29.6 Å². The highest BCUT2D eigenvalue weighted by molar-refractivity contribution is 5.86. The van der Waals surface area contributed by atoms with Crippen LogP contribution in [0.4, 0.5) is 0 Å². The third-order valence-corrected chi connectivity index (χ3v) is 1.88. The van der Waals surface area contributed by atoms with E-state index in [0.717, 1.165) is 19.5 Å². The van der Waals surface area contributed by atoms with Crippen molar-refractivity contribution in [1.29, 1.82) is 0 Å². The van der Waals surface area contributed by atoms with Crippen LogP contribution in [-0.2, 0) is 0 Å². The molecule has 0 radical (unpaired) electrons. The lowest BCUT2D eigenvalue weighted by Gasteiger charge is -1.97. The molecule has 2 N–H and O–H groups in total. The lowest BCUT2D eigenvalue weighted by molar-refractivity contribution is 0.287. The summed E-state index contributed by atoms with van der Waals surface area (Å²) in [5.74, 6) is 0. The molecule has 0 aromatic heterocycles. The smallest absolute Gasteiger partial charge is 0.0443 e. The van der Waals surface area contributed by atoms with Crippen LogP contribution in [0.5, 0.6) is 0 Å². The predicted octanol–water partition coefficient (Wildman–Crippen LogP) is 2.94. The molecular formula is C12H20Cl3NO. The van der Waals surface area contributed by atoms with Gasteiger partial charge in [0.2, 0.25) is 0 Å². The number of hydrogen-bond acceptors (Lipinski definition) is 2. The number of rotatable bonds is 6. The second kappa shape index (κ2) is 15.8. The van der Waals surface area contributed by atoms with Crippen LogP contribution < -0.4 is 5.32 Å². The molecule has 0 atom stereocenters. The van der Waals surface area contributed by atoms with E-state index < -0.39 is 0 Å². The lowest BCUT2D eigenvalue weighted by Crippen LogP contribution is -2.15. The molecule has 0 unspecified atom stereocenters. The predicted molar refractivity (Wildman–Crippen MR) is 81.8 cm³/mol. The number of aliphatic hydroxyl groups excluding tert-OH is 1. The van der Waals surface area contributed by atoms with Crippen LogP contribution in [0.15, 0.2) is 36.4 Å². The topological polar surface area (TPSA) is 32.3 Å². The van der Waals surface area contributed by atoms with Crippen molar-refractivity contribution in [3.8, 4) is 0 Å². The highest BCUT2D eigenvalue weighted by Gasteiger charge is 1.84. The van der Waals surface area contributed by atoms with Gasteiger partial charge in [0.25, 0.3) is 0 Å². The van der Waals surface area contributed by atoms with Gasteiger partial charge in [-0.3, -0.25) is 0 Å². The van der Waals surface area contributed by atoms with Crippen molar-refractivity contribution < 1.29 is 5.11 Å². The minimum atomic E-state index is 0. The van der Waals surface area contributed by atoms with Crippen LogP contribution in [0.3, 0.4) is 0 Å². The Morgan fingerprint density at radius 2 is 1.71 bits per heavy atom. The van der Waals surface area contributed by atoms with E-state index in [1.165, 1.54) is 5.56 Å². The molecule has 0 spiro atoms. The summed E-state index contributed by atoms with van der Waals surface area (Å²) in [6, 6.07) is 10.2. The van der Waals surface area contributed by atoms with E-state index in [0.29, 0.717) is 0 Å². The van der Waals surface area contributed by atoms with Crippen molar-refractivity contribution in [3.63, 3.8) is 0 Å². The Morgan fingerprint density at radius 3 is 2.29 bits per heavy atom. The third-order valence-electron chi connectivity index (χ3n) is 1.88. The third kappa shape index (κ3) is 12.0. The Bertz CT molecular complexity index is 268. The van der Waals surface area contributed by atoms with Crippen LogP contribution in [0.1, 0.15) is 12.0 Å². The first-order chi connectivity index (χ1) is 6.93. The normalized spacial score (nSPS) is 9.00. The van der Waals surface area contributed by atoms with Crippen molar-refractivity contribution in [2.45, 2.75) is 6.42 Å². The van der Waals surface area contributed by atoms with Crippen LogP contribution in [0, 0.1) is 0 Å². The molecule has 1 rings (SSSR count). The van der Waals surface area contributed by atoms with Crippen molar-refractivity contribution in [1.82, 2.24) is 5.32 Å². The van der Waals surface area contributed by atoms with Crippen LogP contribution in [0.25, 0.3) is 6.08 Å². The summed E-state index contributed by atoms with van der Waals surface area (Å²) in [4.78, 5) is 0. The van der Waals surface area contributed by atoms with Crippen molar-refractivity contribution >= 4 is 43.3 Å². The van der Waals surface area contributed by atoms with E-state index >= 15 is 0 Å². The van der Waals surface area contributed by atoms with Gasteiger partial charge in [-0.05, 0) is 18.5 Å². The fraction of sp³-hybridized carbons (Fsp3) is 0.333. The van der Waals surface area contributed by atoms with Crippen molar-refractivity contribution in [2.75, 3.05) is 19.7 Å². The Labute approximate surface area is 122 Å². The van der Waals surface area contributed by atoms with Crippen molar-refractivity contribution in [3.05, 3.63) is 42.0 Å². The molecule has 0 aliphatic heterocycles. The molecule has 0 bridgehead atoms. The second-order valence-electron chi connectivity index (χ2n) is 3.09. The number of benzene rings is 1. The molecule has 0 aliphatic rings. The zero-order chi connectivity index (χ0) is 10.1. The molecule has 1 aromatic carbocycles. The molecular weight excluding hydrogens is 280 g/mol. The van der Waals surface area contributed by atoms with Gasteiger partial charge in [0.1, 0.15) is 0 Å². The van der Waals surface area contributed by atoms with E-state index in [4.69, 9.17) is 5.11 Å². The molecule has 0 aliphatic carbocycles. The number of hydrogen-bond donors (Lipinski definition) is 2. The number of nitrogens with one attached hydrogen (secondary N) is 1. The summed E-state index contributed by atoms with van der Waals surface area (Å²) in [6.45, 7) is 1.99. The summed E-state index contributed by atoms with van der Waals surface area (Å²) >= 11 is 0. The van der Waals surface area contributed by atoms with E-state index in [1.54, 1.807) is 0 Å². The molecule has 0 heterocycles. The van der Waals surface area contributed by atoms with Gasteiger partial charge >= 0.3 is 0 Å². The van der Waals surface area contributed by atoms with Crippen LogP contribution in [0.2, 0.25) is 0 Å². The minimum absolute atomic E-state index is 0. The SMILES string of the molecule is Cl.Cl.Cl.OCCCNC/C=C/c1ccccc1. The van der Waals surface area contributed by atoms with Gasteiger partial charge in [-0.1, -0.05) is 42.5 Å². The van der Waals surface area contributed by atoms with Crippen LogP contribution >= 0.6 is 37.2 Å². The highest BCUT2D eigenvalue weighted by atomic mass is 35.5. The molecule has 17 heavy (non-hydrogen) atoms. The number of halogens is 3. The maximum absolute atomic E-state index is 8.54. The van der Waals surface area contributed by atoms with Gasteiger partial charge in [-0.2, -0.15) is 0 Å². The number of aliphatic hydroxyl groups is 1. The molecule has 0 amide bonds. The standard InChI is InChI=1S/C12H17NO.3ClH/c14-11-5-10-13-9-4-8-12-6-2-1-3-7-12;;;/h1-4,6-8,13-14H,5,9-11H2;3*1H/b8-4+;;;. The average molecular weight is 301 g/mol. The van der Waals surface area contributed by atoms with Gasteiger partial charge in [-0.25, -0.2) is 0 Å². The lowest BCUT2D eigenvalue weighted by atomic mass is 10.2. The molecule has 0 saturated carbocycles. The molecule has 0 saturated heterocycles. The first kappa shape index (κ1) is 22.0. The summed E-state index contributed by atoms with van der Waals surface area (Å²) in [7, 11) is 0. The summed E-state index contributed by atoms with van der Waals surface area (Å²) < 4.78 is 0. The van der Waals surface area contributed by atoms with E-state index in [-0.39, 0.29) is 43.8 Å². The van der Waals surface area contributed by atoms with Gasteiger partial charge in [0.15, 0.2) is 0 Å². The first-order valence-electron chi connectivity index (χ1n) is 4.96.